The molecule has 6 heteroatoms. The minimum Gasteiger partial charge on any atom is -0.398 e. The van der Waals surface area contributed by atoms with E-state index in [9.17, 15) is 8.42 Å². The fourth-order valence-corrected chi connectivity index (χ4v) is 3.84. The van der Waals surface area contributed by atoms with E-state index < -0.39 is 10.0 Å². The molecule has 1 aliphatic carbocycles. The molecule has 3 N–H and O–H groups in total. The van der Waals surface area contributed by atoms with E-state index in [0.29, 0.717) is 29.1 Å². The van der Waals surface area contributed by atoms with Crippen LogP contribution in [-0.2, 0) is 10.0 Å². The quantitative estimate of drug-likeness (QED) is 0.848. The number of fused-ring (bicyclic) bond motifs is 1. The lowest BCUT2D eigenvalue weighted by Crippen LogP contribution is -2.27. The fourth-order valence-electron chi connectivity index (χ4n) is 2.60. The molecular weight excluding hydrogens is 286 g/mol. The lowest BCUT2D eigenvalue weighted by Gasteiger charge is -2.10. The molecule has 1 fully saturated rings. The number of pyridine rings is 1. The number of hydrogen-bond acceptors (Lipinski definition) is 4. The fraction of sp³-hybridized carbons (Fsp3) is 0.400. The van der Waals surface area contributed by atoms with Crippen LogP contribution in [0.4, 0.5) is 5.69 Å². The molecule has 0 bridgehead atoms. The van der Waals surface area contributed by atoms with E-state index in [4.69, 9.17) is 5.73 Å². The van der Waals surface area contributed by atoms with Gasteiger partial charge in [0.15, 0.2) is 0 Å². The summed E-state index contributed by atoms with van der Waals surface area (Å²) in [7, 11) is -3.58. The van der Waals surface area contributed by atoms with Gasteiger partial charge in [-0.1, -0.05) is 13.8 Å². The van der Waals surface area contributed by atoms with Crippen molar-refractivity contribution < 1.29 is 8.42 Å². The number of aromatic nitrogens is 1. The average Bonchev–Trinajstić information content (AvgIpc) is 3.05. The van der Waals surface area contributed by atoms with Gasteiger partial charge in [0.1, 0.15) is 4.90 Å². The number of anilines is 1. The van der Waals surface area contributed by atoms with Crippen LogP contribution >= 0.6 is 0 Å². The molecule has 2 aromatic rings. The zero-order chi connectivity index (χ0) is 15.3. The molecule has 0 spiro atoms. The van der Waals surface area contributed by atoms with Crippen LogP contribution in [0.1, 0.15) is 20.3 Å². The second kappa shape index (κ2) is 4.68. The Bertz CT molecular complexity index is 800. The number of nitrogens with two attached hydrogens (primary N) is 1. The van der Waals surface area contributed by atoms with Gasteiger partial charge in [0.25, 0.3) is 0 Å². The van der Waals surface area contributed by atoms with E-state index in [-0.39, 0.29) is 10.3 Å². The Balaban J connectivity index is 1.94. The number of rotatable bonds is 4. The Hall–Kier alpha value is -1.66. The van der Waals surface area contributed by atoms with Gasteiger partial charge >= 0.3 is 0 Å². The summed E-state index contributed by atoms with van der Waals surface area (Å²) in [6, 6.07) is 6.65. The highest BCUT2D eigenvalue weighted by Crippen LogP contribution is 2.51. The molecule has 1 unspecified atom stereocenters. The van der Waals surface area contributed by atoms with E-state index in [1.807, 2.05) is 0 Å². The summed E-state index contributed by atoms with van der Waals surface area (Å²) in [6.45, 7) is 4.76. The van der Waals surface area contributed by atoms with Crippen LogP contribution in [0, 0.1) is 11.3 Å². The van der Waals surface area contributed by atoms with E-state index in [0.717, 1.165) is 6.42 Å². The highest BCUT2D eigenvalue weighted by atomic mass is 32.2. The second-order valence-corrected chi connectivity index (χ2v) is 8.03. The zero-order valence-electron chi connectivity index (χ0n) is 12.1. The van der Waals surface area contributed by atoms with Crippen LogP contribution in [0.5, 0.6) is 0 Å². The standard InChI is InChI=1S/C15H19N3O2S/c1-15(2)8-10(15)9-18-21(19,20)13-6-5-12(16)11-4-3-7-17-14(11)13/h3-7,10,18H,8-9,16H2,1-2H3. The third kappa shape index (κ3) is 2.61. The van der Waals surface area contributed by atoms with Crippen molar-refractivity contribution in [3.63, 3.8) is 0 Å². The van der Waals surface area contributed by atoms with Gasteiger partial charge in [0, 0.05) is 23.8 Å². The number of hydrogen-bond donors (Lipinski definition) is 2. The van der Waals surface area contributed by atoms with Crippen molar-refractivity contribution in [2.75, 3.05) is 12.3 Å². The van der Waals surface area contributed by atoms with Gasteiger partial charge in [0.05, 0.1) is 5.52 Å². The summed E-state index contributed by atoms with van der Waals surface area (Å²) in [4.78, 5) is 4.37. The van der Waals surface area contributed by atoms with E-state index in [1.165, 1.54) is 6.07 Å². The minimum atomic E-state index is -3.58. The summed E-state index contributed by atoms with van der Waals surface area (Å²) < 4.78 is 27.7. The van der Waals surface area contributed by atoms with Crippen LogP contribution in [0.3, 0.4) is 0 Å². The van der Waals surface area contributed by atoms with Crippen molar-refractivity contribution in [1.82, 2.24) is 9.71 Å². The largest absolute Gasteiger partial charge is 0.398 e. The zero-order valence-corrected chi connectivity index (χ0v) is 12.9. The Kier molecular flexibility index (Phi) is 3.18. The van der Waals surface area contributed by atoms with Crippen molar-refractivity contribution in [2.45, 2.75) is 25.2 Å². The maximum atomic E-state index is 12.5. The number of nitrogen functional groups attached to an aromatic ring is 1. The molecule has 3 rings (SSSR count). The first kappa shape index (κ1) is 14.3. The minimum absolute atomic E-state index is 0.186. The lowest BCUT2D eigenvalue weighted by atomic mass is 10.1. The average molecular weight is 305 g/mol. The first-order valence-electron chi connectivity index (χ1n) is 6.94. The van der Waals surface area contributed by atoms with Gasteiger partial charge in [0.2, 0.25) is 10.0 Å². The maximum Gasteiger partial charge on any atom is 0.242 e. The molecule has 1 aromatic heterocycles. The van der Waals surface area contributed by atoms with Crippen molar-refractivity contribution in [3.8, 4) is 0 Å². The van der Waals surface area contributed by atoms with Crippen molar-refractivity contribution >= 4 is 26.6 Å². The Morgan fingerprint density at radius 3 is 2.76 bits per heavy atom. The molecule has 112 valence electrons. The van der Waals surface area contributed by atoms with Gasteiger partial charge in [-0.25, -0.2) is 13.1 Å². The van der Waals surface area contributed by atoms with Gasteiger partial charge in [-0.15, -0.1) is 0 Å². The SMILES string of the molecule is CC1(C)CC1CNS(=O)(=O)c1ccc(N)c2cccnc12. The van der Waals surface area contributed by atoms with Crippen LogP contribution in [0.15, 0.2) is 35.4 Å². The molecule has 0 amide bonds. The highest BCUT2D eigenvalue weighted by molar-refractivity contribution is 7.89. The molecule has 0 saturated heterocycles. The summed E-state index contributed by atoms with van der Waals surface area (Å²) in [6.07, 6.45) is 2.63. The van der Waals surface area contributed by atoms with E-state index in [2.05, 4.69) is 23.6 Å². The molecule has 1 atom stereocenters. The monoisotopic (exact) mass is 305 g/mol. The van der Waals surface area contributed by atoms with Crippen molar-refractivity contribution in [2.24, 2.45) is 11.3 Å². The Labute approximate surface area is 124 Å². The summed E-state index contributed by atoms with van der Waals surface area (Å²) in [5.41, 5.74) is 7.07. The van der Waals surface area contributed by atoms with Gasteiger partial charge in [-0.2, -0.15) is 0 Å². The van der Waals surface area contributed by atoms with Crippen molar-refractivity contribution in [3.05, 3.63) is 30.5 Å². The van der Waals surface area contributed by atoms with Crippen molar-refractivity contribution in [1.29, 1.82) is 0 Å². The Morgan fingerprint density at radius 1 is 1.38 bits per heavy atom. The van der Waals surface area contributed by atoms with E-state index in [1.54, 1.807) is 24.4 Å². The molecular formula is C15H19N3O2S. The van der Waals surface area contributed by atoms with Gasteiger partial charge < -0.3 is 5.73 Å². The summed E-state index contributed by atoms with van der Waals surface area (Å²) >= 11 is 0. The number of benzene rings is 1. The molecule has 1 aromatic carbocycles. The number of nitrogens with zero attached hydrogens (tertiary/aromatic N) is 1. The molecule has 21 heavy (non-hydrogen) atoms. The third-order valence-electron chi connectivity index (χ3n) is 4.29. The molecule has 1 saturated carbocycles. The van der Waals surface area contributed by atoms with Gasteiger partial charge in [-0.05, 0) is 42.0 Å². The second-order valence-electron chi connectivity index (χ2n) is 6.29. The molecule has 0 radical (unpaired) electrons. The summed E-state index contributed by atoms with van der Waals surface area (Å²) in [5.74, 6) is 0.403. The lowest BCUT2D eigenvalue weighted by molar-refractivity contribution is 0.538. The van der Waals surface area contributed by atoms with Crippen LogP contribution < -0.4 is 10.5 Å². The predicted molar refractivity (Wildman–Crippen MR) is 83.2 cm³/mol. The van der Waals surface area contributed by atoms with Crippen LogP contribution in [0.25, 0.3) is 10.9 Å². The molecule has 5 nitrogen and oxygen atoms in total. The third-order valence-corrected chi connectivity index (χ3v) is 5.75. The number of sulfonamides is 1. The first-order valence-corrected chi connectivity index (χ1v) is 8.42. The first-order chi connectivity index (χ1) is 9.81. The van der Waals surface area contributed by atoms with Crippen LogP contribution in [0.2, 0.25) is 0 Å². The van der Waals surface area contributed by atoms with Crippen LogP contribution in [-0.4, -0.2) is 19.9 Å². The topological polar surface area (TPSA) is 85.1 Å². The number of nitrogens with one attached hydrogen (secondary N) is 1. The molecule has 0 aliphatic heterocycles. The normalized spacial score (nSPS) is 20.6. The van der Waals surface area contributed by atoms with E-state index >= 15 is 0 Å². The summed E-state index contributed by atoms with van der Waals surface area (Å²) in [5, 5.41) is 0.659. The smallest absolute Gasteiger partial charge is 0.242 e. The highest BCUT2D eigenvalue weighted by Gasteiger charge is 2.45. The molecule has 1 aliphatic rings. The Morgan fingerprint density at radius 2 is 2.10 bits per heavy atom. The van der Waals surface area contributed by atoms with Gasteiger partial charge in [-0.3, -0.25) is 4.98 Å². The molecule has 1 heterocycles. The maximum absolute atomic E-state index is 12.5. The predicted octanol–water partition coefficient (Wildman–Crippen LogP) is 2.14.